The summed E-state index contributed by atoms with van der Waals surface area (Å²) in [6.07, 6.45) is 6.02. The van der Waals surface area contributed by atoms with Crippen LogP contribution in [0.25, 0.3) is 5.57 Å². The van der Waals surface area contributed by atoms with Crippen LogP contribution >= 0.6 is 0 Å². The summed E-state index contributed by atoms with van der Waals surface area (Å²) in [6, 6.07) is 16.4. The van der Waals surface area contributed by atoms with E-state index < -0.39 is 11.9 Å². The zero-order valence-electron chi connectivity index (χ0n) is 13.1. The number of rotatable bonds is 7. The Morgan fingerprint density at radius 3 is 2.25 bits per heavy atom. The first kappa shape index (κ1) is 17.2. The number of carboxylic acids is 2. The van der Waals surface area contributed by atoms with E-state index in [1.807, 2.05) is 36.4 Å². The minimum absolute atomic E-state index is 0.171. The lowest BCUT2D eigenvalue weighted by Gasteiger charge is -2.05. The predicted octanol–water partition coefficient (Wildman–Crippen LogP) is 4.04. The molecular weight excluding hydrogens is 304 g/mol. The van der Waals surface area contributed by atoms with Gasteiger partial charge in [0, 0.05) is 6.08 Å². The fourth-order valence-electron chi connectivity index (χ4n) is 2.31. The highest BCUT2D eigenvalue weighted by Gasteiger charge is 2.05. The smallest absolute Gasteiger partial charge is 0.335 e. The van der Waals surface area contributed by atoms with Crippen molar-refractivity contribution >= 4 is 17.5 Å². The Morgan fingerprint density at radius 1 is 0.875 bits per heavy atom. The highest BCUT2D eigenvalue weighted by atomic mass is 16.4. The summed E-state index contributed by atoms with van der Waals surface area (Å²) in [5.41, 5.74) is 2.73. The summed E-state index contributed by atoms with van der Waals surface area (Å²) in [5, 5.41) is 17.9. The van der Waals surface area contributed by atoms with E-state index >= 15 is 0 Å². The fourth-order valence-corrected chi connectivity index (χ4v) is 2.31. The maximum Gasteiger partial charge on any atom is 0.335 e. The summed E-state index contributed by atoms with van der Waals surface area (Å²) in [5.74, 6) is -2.05. The Labute approximate surface area is 140 Å². The Kier molecular flexibility index (Phi) is 6.08. The lowest BCUT2D eigenvalue weighted by Crippen LogP contribution is -1.97. The molecule has 24 heavy (non-hydrogen) atoms. The van der Waals surface area contributed by atoms with Gasteiger partial charge in [-0.15, -0.1) is 0 Å². The molecular formula is C20H18O4. The van der Waals surface area contributed by atoms with Gasteiger partial charge < -0.3 is 10.2 Å². The topological polar surface area (TPSA) is 74.6 Å². The second-order valence-corrected chi connectivity index (χ2v) is 5.24. The Morgan fingerprint density at radius 2 is 1.58 bits per heavy atom. The molecule has 122 valence electrons. The molecule has 0 spiro atoms. The van der Waals surface area contributed by atoms with Crippen molar-refractivity contribution in [2.75, 3.05) is 0 Å². The largest absolute Gasteiger partial charge is 0.478 e. The molecule has 0 atom stereocenters. The van der Waals surface area contributed by atoms with Crippen LogP contribution in [-0.2, 0) is 11.2 Å². The molecule has 0 aliphatic carbocycles. The second kappa shape index (κ2) is 8.48. The molecule has 0 saturated heterocycles. The number of carbonyl (C=O) groups is 2. The molecule has 0 aliphatic rings. The number of carboxylic acid groups (broad SMARTS) is 2. The third kappa shape index (κ3) is 5.25. The van der Waals surface area contributed by atoms with Gasteiger partial charge in [-0.25, -0.2) is 9.59 Å². The second-order valence-electron chi connectivity index (χ2n) is 5.24. The van der Waals surface area contributed by atoms with Crippen molar-refractivity contribution in [1.82, 2.24) is 0 Å². The van der Waals surface area contributed by atoms with Gasteiger partial charge in [-0.2, -0.15) is 0 Å². The maximum atomic E-state index is 11.1. The molecule has 2 aromatic rings. The number of hydrogen-bond acceptors (Lipinski definition) is 2. The lowest BCUT2D eigenvalue weighted by molar-refractivity contribution is -0.131. The number of aromatic carboxylic acids is 1. The van der Waals surface area contributed by atoms with E-state index in [0.29, 0.717) is 11.1 Å². The normalized spacial score (nSPS) is 11.6. The zero-order chi connectivity index (χ0) is 17.4. The van der Waals surface area contributed by atoms with Gasteiger partial charge in [-0.1, -0.05) is 48.5 Å². The number of aryl methyl sites for hydroxylation is 1. The van der Waals surface area contributed by atoms with E-state index in [1.54, 1.807) is 18.2 Å². The molecule has 0 amide bonds. The molecule has 0 fully saturated rings. The average molecular weight is 322 g/mol. The van der Waals surface area contributed by atoms with Crippen molar-refractivity contribution < 1.29 is 19.8 Å². The Bertz CT molecular complexity index is 773. The van der Waals surface area contributed by atoms with Gasteiger partial charge in [0.25, 0.3) is 0 Å². The van der Waals surface area contributed by atoms with Crippen LogP contribution in [0.5, 0.6) is 0 Å². The first-order valence-corrected chi connectivity index (χ1v) is 7.55. The highest BCUT2D eigenvalue weighted by Crippen LogP contribution is 2.19. The lowest BCUT2D eigenvalue weighted by atomic mass is 10.00. The molecule has 2 rings (SSSR count). The molecule has 0 unspecified atom stereocenters. The van der Waals surface area contributed by atoms with Crippen LogP contribution in [0.4, 0.5) is 0 Å². The van der Waals surface area contributed by atoms with Gasteiger partial charge in [-0.05, 0) is 47.8 Å². The third-order valence-electron chi connectivity index (χ3n) is 3.49. The van der Waals surface area contributed by atoms with E-state index in [2.05, 4.69) is 0 Å². The van der Waals surface area contributed by atoms with Crippen molar-refractivity contribution in [3.8, 4) is 0 Å². The third-order valence-corrected chi connectivity index (χ3v) is 3.49. The van der Waals surface area contributed by atoms with Gasteiger partial charge >= 0.3 is 11.9 Å². The fraction of sp³-hybridized carbons (Fsp3) is 0.100. The number of aliphatic carboxylic acids is 1. The van der Waals surface area contributed by atoms with Gasteiger partial charge in [0.2, 0.25) is 0 Å². The van der Waals surface area contributed by atoms with Gasteiger partial charge in [0.15, 0.2) is 0 Å². The van der Waals surface area contributed by atoms with Gasteiger partial charge in [0.1, 0.15) is 0 Å². The molecule has 0 bridgehead atoms. The highest BCUT2D eigenvalue weighted by molar-refractivity contribution is 5.90. The van der Waals surface area contributed by atoms with Crippen molar-refractivity contribution in [2.24, 2.45) is 0 Å². The van der Waals surface area contributed by atoms with E-state index in [1.165, 1.54) is 17.7 Å². The van der Waals surface area contributed by atoms with E-state index in [0.717, 1.165) is 18.9 Å². The van der Waals surface area contributed by atoms with Crippen molar-refractivity contribution in [1.29, 1.82) is 0 Å². The molecule has 4 nitrogen and oxygen atoms in total. The molecule has 0 heterocycles. The molecule has 2 N–H and O–H groups in total. The average Bonchev–Trinajstić information content (AvgIpc) is 2.58. The molecule has 4 heteroatoms. The molecule has 0 aromatic heterocycles. The van der Waals surface area contributed by atoms with Crippen LogP contribution in [0, 0.1) is 0 Å². The van der Waals surface area contributed by atoms with Crippen molar-refractivity contribution in [2.45, 2.75) is 12.8 Å². The number of hydrogen-bond donors (Lipinski definition) is 2. The van der Waals surface area contributed by atoms with Crippen LogP contribution in [0.1, 0.15) is 27.9 Å². The van der Waals surface area contributed by atoms with Gasteiger partial charge in [0.05, 0.1) is 5.56 Å². The summed E-state index contributed by atoms with van der Waals surface area (Å²) < 4.78 is 0. The monoisotopic (exact) mass is 322 g/mol. The molecule has 0 aliphatic heterocycles. The zero-order valence-corrected chi connectivity index (χ0v) is 13.1. The minimum Gasteiger partial charge on any atom is -0.478 e. The van der Waals surface area contributed by atoms with Gasteiger partial charge in [-0.3, -0.25) is 0 Å². The predicted molar refractivity (Wildman–Crippen MR) is 92.9 cm³/mol. The quantitative estimate of drug-likeness (QED) is 0.596. The SMILES string of the molecule is O=C(O)C=CC(=CCCc1ccccc1)c1cccc(C(=O)O)c1. The number of benzene rings is 2. The van der Waals surface area contributed by atoms with Crippen LogP contribution in [0.2, 0.25) is 0 Å². The first-order valence-electron chi connectivity index (χ1n) is 7.55. The minimum atomic E-state index is -1.04. The molecule has 0 radical (unpaired) electrons. The first-order chi connectivity index (χ1) is 11.6. The Hall–Kier alpha value is -3.14. The number of allylic oxidation sites excluding steroid dienone is 3. The maximum absolute atomic E-state index is 11.1. The molecule has 2 aromatic carbocycles. The Balaban J connectivity index is 2.23. The van der Waals surface area contributed by atoms with Crippen LogP contribution < -0.4 is 0 Å². The summed E-state index contributed by atoms with van der Waals surface area (Å²) in [6.45, 7) is 0. The van der Waals surface area contributed by atoms with E-state index in [4.69, 9.17) is 10.2 Å². The van der Waals surface area contributed by atoms with E-state index in [-0.39, 0.29) is 5.56 Å². The summed E-state index contributed by atoms with van der Waals surface area (Å²) in [7, 11) is 0. The summed E-state index contributed by atoms with van der Waals surface area (Å²) in [4.78, 5) is 21.9. The van der Waals surface area contributed by atoms with Crippen LogP contribution in [0.3, 0.4) is 0 Å². The van der Waals surface area contributed by atoms with Crippen molar-refractivity contribution in [3.63, 3.8) is 0 Å². The van der Waals surface area contributed by atoms with Crippen molar-refractivity contribution in [3.05, 3.63) is 89.5 Å². The standard InChI is InChI=1S/C20H18O4/c21-19(22)13-12-16(9-4-8-15-6-2-1-3-7-15)17-10-5-11-18(14-17)20(23)24/h1-3,5-7,9-14H,4,8H2,(H,21,22)(H,23,24). The summed E-state index contributed by atoms with van der Waals surface area (Å²) >= 11 is 0. The van der Waals surface area contributed by atoms with E-state index in [9.17, 15) is 9.59 Å². The molecule has 0 saturated carbocycles. The van der Waals surface area contributed by atoms with Crippen LogP contribution in [0.15, 0.2) is 72.8 Å². The van der Waals surface area contributed by atoms with Crippen LogP contribution in [-0.4, -0.2) is 22.2 Å².